The number of hydrogen-bond donors (Lipinski definition) is 1. The van der Waals surface area contributed by atoms with Gasteiger partial charge in [0.2, 0.25) is 0 Å². The zero-order chi connectivity index (χ0) is 12.5. The molecule has 2 aromatic rings. The highest BCUT2D eigenvalue weighted by atomic mass is 79.9. The first kappa shape index (κ1) is 11.7. The van der Waals surface area contributed by atoms with Crippen LogP contribution in [0.3, 0.4) is 0 Å². The second-order valence-electron chi connectivity index (χ2n) is 4.58. The highest BCUT2D eigenvalue weighted by Gasteiger charge is 2.19. The number of aromatic nitrogens is 4. The molecule has 1 N–H and O–H groups in total. The fourth-order valence-electron chi connectivity index (χ4n) is 2.28. The molecule has 0 saturated carbocycles. The van der Waals surface area contributed by atoms with Crippen LogP contribution in [0.4, 0.5) is 5.82 Å². The Bertz CT molecular complexity index is 599. The number of nitrogens with one attached hydrogen (secondary N) is 1. The van der Waals surface area contributed by atoms with E-state index in [1.165, 1.54) is 4.52 Å². The van der Waals surface area contributed by atoms with Gasteiger partial charge in [-0.1, -0.05) is 15.9 Å². The second-order valence-corrected chi connectivity index (χ2v) is 5.22. The lowest BCUT2D eigenvalue weighted by molar-refractivity contribution is 0.444. The third-order valence-electron chi connectivity index (χ3n) is 3.42. The molecule has 0 spiro atoms. The molecule has 3 heterocycles. The molecule has 1 aliphatic heterocycles. The number of anilines is 1. The van der Waals surface area contributed by atoms with Gasteiger partial charge in [-0.25, -0.2) is 9.89 Å². The van der Waals surface area contributed by atoms with E-state index >= 15 is 0 Å². The van der Waals surface area contributed by atoms with Gasteiger partial charge < -0.3 is 4.90 Å². The van der Waals surface area contributed by atoms with Gasteiger partial charge in [0.15, 0.2) is 5.65 Å². The summed E-state index contributed by atoms with van der Waals surface area (Å²) in [5.41, 5.74) is 0.265. The van der Waals surface area contributed by atoms with Gasteiger partial charge in [-0.05, 0) is 30.9 Å². The van der Waals surface area contributed by atoms with Crippen molar-refractivity contribution in [1.29, 1.82) is 0 Å². The van der Waals surface area contributed by atoms with Crippen molar-refractivity contribution in [2.45, 2.75) is 12.8 Å². The van der Waals surface area contributed by atoms with Crippen molar-refractivity contribution in [2.75, 3.05) is 23.3 Å². The number of piperidine rings is 1. The van der Waals surface area contributed by atoms with Crippen LogP contribution in [-0.4, -0.2) is 38.2 Å². The summed E-state index contributed by atoms with van der Waals surface area (Å²) < 4.78 is 1.31. The molecule has 0 bridgehead atoms. The summed E-state index contributed by atoms with van der Waals surface area (Å²) in [6.07, 6.45) is 2.32. The summed E-state index contributed by atoms with van der Waals surface area (Å²) in [6, 6.07) is 3.74. The van der Waals surface area contributed by atoms with Crippen LogP contribution in [0.1, 0.15) is 12.8 Å². The Morgan fingerprint density at radius 1 is 1.39 bits per heavy atom. The Morgan fingerprint density at radius 2 is 2.17 bits per heavy atom. The Labute approximate surface area is 112 Å². The maximum Gasteiger partial charge on any atom is 0.364 e. The molecule has 0 unspecified atom stereocenters. The van der Waals surface area contributed by atoms with Crippen molar-refractivity contribution in [3.05, 3.63) is 22.6 Å². The summed E-state index contributed by atoms with van der Waals surface area (Å²) in [4.78, 5) is 13.7. The number of hydrogen-bond acceptors (Lipinski definition) is 4. The number of aromatic amines is 1. The summed E-state index contributed by atoms with van der Waals surface area (Å²) in [5, 5.41) is 11.7. The molecule has 0 atom stereocenters. The first-order chi connectivity index (χ1) is 8.78. The van der Waals surface area contributed by atoms with Gasteiger partial charge in [0.1, 0.15) is 5.82 Å². The van der Waals surface area contributed by atoms with E-state index in [0.717, 1.165) is 43.0 Å². The van der Waals surface area contributed by atoms with Crippen molar-refractivity contribution >= 4 is 27.4 Å². The second kappa shape index (κ2) is 4.72. The molecule has 1 aliphatic rings. The average molecular weight is 312 g/mol. The zero-order valence-corrected chi connectivity index (χ0v) is 11.4. The monoisotopic (exact) mass is 311 g/mol. The Morgan fingerprint density at radius 3 is 2.89 bits per heavy atom. The van der Waals surface area contributed by atoms with Gasteiger partial charge in [-0.2, -0.15) is 9.61 Å². The molecule has 0 aliphatic carbocycles. The molecule has 7 heteroatoms. The van der Waals surface area contributed by atoms with Gasteiger partial charge in [0.05, 0.1) is 0 Å². The number of halogens is 1. The number of H-pyrrole nitrogens is 1. The molecule has 0 amide bonds. The Balaban J connectivity index is 1.86. The third kappa shape index (κ3) is 2.03. The van der Waals surface area contributed by atoms with Gasteiger partial charge in [0, 0.05) is 18.4 Å². The van der Waals surface area contributed by atoms with Crippen molar-refractivity contribution in [1.82, 2.24) is 19.8 Å². The molecule has 18 heavy (non-hydrogen) atoms. The van der Waals surface area contributed by atoms with E-state index in [2.05, 4.69) is 36.1 Å². The highest BCUT2D eigenvalue weighted by molar-refractivity contribution is 9.09. The summed E-state index contributed by atoms with van der Waals surface area (Å²) >= 11 is 3.53. The normalized spacial score (nSPS) is 17.5. The van der Waals surface area contributed by atoms with Crippen molar-refractivity contribution < 1.29 is 0 Å². The van der Waals surface area contributed by atoms with Gasteiger partial charge >= 0.3 is 5.69 Å². The minimum absolute atomic E-state index is 0.290. The minimum Gasteiger partial charge on any atom is -0.355 e. The first-order valence-electron chi connectivity index (χ1n) is 6.03. The van der Waals surface area contributed by atoms with E-state index in [1.54, 1.807) is 0 Å². The lowest BCUT2D eigenvalue weighted by atomic mass is 9.99. The molecule has 0 radical (unpaired) electrons. The van der Waals surface area contributed by atoms with E-state index in [1.807, 2.05) is 12.1 Å². The SMILES string of the molecule is O=c1[nH]nc2ccc(N3CCC(CBr)CC3)nn12. The van der Waals surface area contributed by atoms with Crippen molar-refractivity contribution in [3.63, 3.8) is 0 Å². The molecule has 6 nitrogen and oxygen atoms in total. The predicted molar refractivity (Wildman–Crippen MR) is 72.3 cm³/mol. The molecular formula is C11H14BrN5O. The lowest BCUT2D eigenvalue weighted by Crippen LogP contribution is -2.35. The zero-order valence-electron chi connectivity index (χ0n) is 9.84. The van der Waals surface area contributed by atoms with Gasteiger partial charge in [-0.3, -0.25) is 0 Å². The van der Waals surface area contributed by atoms with Gasteiger partial charge in [-0.15, -0.1) is 5.10 Å². The number of fused-ring (bicyclic) bond motifs is 1. The van der Waals surface area contributed by atoms with Crippen LogP contribution in [0.5, 0.6) is 0 Å². The molecular weight excluding hydrogens is 298 g/mol. The van der Waals surface area contributed by atoms with Crippen molar-refractivity contribution in [3.8, 4) is 0 Å². The fraction of sp³-hybridized carbons (Fsp3) is 0.545. The highest BCUT2D eigenvalue weighted by Crippen LogP contribution is 2.22. The number of rotatable bonds is 2. The summed E-state index contributed by atoms with van der Waals surface area (Å²) in [5.74, 6) is 1.60. The van der Waals surface area contributed by atoms with E-state index in [0.29, 0.717) is 5.65 Å². The van der Waals surface area contributed by atoms with E-state index in [-0.39, 0.29) is 5.69 Å². The molecule has 1 fully saturated rings. The molecule has 96 valence electrons. The Hall–Kier alpha value is -1.37. The van der Waals surface area contributed by atoms with E-state index < -0.39 is 0 Å². The standard InChI is InChI=1S/C11H14BrN5O/c12-7-8-3-5-16(6-4-8)10-2-1-9-13-14-11(18)17(9)15-10/h1-2,8H,3-7H2,(H,14,18). The maximum absolute atomic E-state index is 11.5. The minimum atomic E-state index is -0.290. The smallest absolute Gasteiger partial charge is 0.355 e. The molecule has 2 aromatic heterocycles. The van der Waals surface area contributed by atoms with Gasteiger partial charge in [0.25, 0.3) is 0 Å². The van der Waals surface area contributed by atoms with Crippen molar-refractivity contribution in [2.24, 2.45) is 5.92 Å². The van der Waals surface area contributed by atoms with Crippen LogP contribution in [0, 0.1) is 5.92 Å². The van der Waals surface area contributed by atoms with Crippen LogP contribution < -0.4 is 10.6 Å². The van der Waals surface area contributed by atoms with Crippen LogP contribution in [0.2, 0.25) is 0 Å². The van der Waals surface area contributed by atoms with E-state index in [9.17, 15) is 4.79 Å². The molecule has 3 rings (SSSR count). The van der Waals surface area contributed by atoms with Crippen LogP contribution >= 0.6 is 15.9 Å². The van der Waals surface area contributed by atoms with E-state index in [4.69, 9.17) is 0 Å². The average Bonchev–Trinajstić information content (AvgIpc) is 2.80. The predicted octanol–water partition coefficient (Wildman–Crippen LogP) is 1.03. The first-order valence-corrected chi connectivity index (χ1v) is 7.15. The summed E-state index contributed by atoms with van der Waals surface area (Å²) in [7, 11) is 0. The topological polar surface area (TPSA) is 66.3 Å². The lowest BCUT2D eigenvalue weighted by Gasteiger charge is -2.31. The fourth-order valence-corrected chi connectivity index (χ4v) is 2.93. The number of nitrogens with zero attached hydrogens (tertiary/aromatic N) is 4. The quantitative estimate of drug-likeness (QED) is 0.841. The molecule has 1 saturated heterocycles. The summed E-state index contributed by atoms with van der Waals surface area (Å²) in [6.45, 7) is 1.97. The van der Waals surface area contributed by atoms with Crippen LogP contribution in [-0.2, 0) is 0 Å². The van der Waals surface area contributed by atoms with Crippen LogP contribution in [0.25, 0.3) is 5.65 Å². The van der Waals surface area contributed by atoms with Crippen LogP contribution in [0.15, 0.2) is 16.9 Å². The largest absolute Gasteiger partial charge is 0.364 e. The molecule has 0 aromatic carbocycles. The number of alkyl halides is 1. The maximum atomic E-state index is 11.5. The third-order valence-corrected chi connectivity index (χ3v) is 4.33. The Kier molecular flexibility index (Phi) is 3.07.